The van der Waals surface area contributed by atoms with Crippen molar-refractivity contribution in [1.29, 1.82) is 0 Å². The van der Waals surface area contributed by atoms with Crippen molar-refractivity contribution < 1.29 is 19.1 Å². The molecule has 0 saturated carbocycles. The number of carbonyl (C=O) groups excluding carboxylic acids is 3. The second-order valence-corrected chi connectivity index (χ2v) is 3.48. The summed E-state index contributed by atoms with van der Waals surface area (Å²) in [6.45, 7) is 5.26. The molecule has 0 spiro atoms. The third kappa shape index (κ3) is 5.74. The van der Waals surface area contributed by atoms with Gasteiger partial charge < -0.3 is 20.7 Å². The van der Waals surface area contributed by atoms with Crippen LogP contribution in [0.5, 0.6) is 0 Å². The first-order chi connectivity index (χ1) is 7.92. The van der Waals surface area contributed by atoms with Gasteiger partial charge in [0.1, 0.15) is 12.1 Å². The van der Waals surface area contributed by atoms with Gasteiger partial charge in [0.05, 0.1) is 7.11 Å². The molecule has 0 aromatic carbocycles. The van der Waals surface area contributed by atoms with E-state index in [0.717, 1.165) is 0 Å². The van der Waals surface area contributed by atoms with Gasteiger partial charge in [0.15, 0.2) is 0 Å². The van der Waals surface area contributed by atoms with Crippen molar-refractivity contribution >= 4 is 17.9 Å². The molecule has 7 heteroatoms. The van der Waals surface area contributed by atoms with E-state index >= 15 is 0 Å². The summed E-state index contributed by atoms with van der Waals surface area (Å²) in [6.07, 6.45) is 0. The molecule has 0 aromatic rings. The van der Waals surface area contributed by atoms with Crippen molar-refractivity contribution in [1.82, 2.24) is 16.0 Å². The fraction of sp³-hybridized carbons (Fsp3) is 0.700. The van der Waals surface area contributed by atoms with Gasteiger partial charge in [-0.3, -0.25) is 4.79 Å². The number of carbonyl (C=O) groups is 3. The Balaban J connectivity index is 4.13. The van der Waals surface area contributed by atoms with Crippen LogP contribution in [0.1, 0.15) is 20.8 Å². The Labute approximate surface area is 100 Å². The number of rotatable bonds is 5. The van der Waals surface area contributed by atoms with E-state index in [0.29, 0.717) is 6.54 Å². The molecule has 7 nitrogen and oxygen atoms in total. The van der Waals surface area contributed by atoms with Gasteiger partial charge in [-0.2, -0.15) is 0 Å². The lowest BCUT2D eigenvalue weighted by molar-refractivity contribution is -0.144. The average molecular weight is 245 g/mol. The number of nitrogens with one attached hydrogen (secondary N) is 3. The Morgan fingerprint density at radius 3 is 2.18 bits per heavy atom. The Morgan fingerprint density at radius 2 is 1.71 bits per heavy atom. The molecule has 0 aromatic heterocycles. The molecule has 0 fully saturated rings. The maximum absolute atomic E-state index is 11.6. The van der Waals surface area contributed by atoms with E-state index < -0.39 is 30.0 Å². The van der Waals surface area contributed by atoms with Crippen LogP contribution in [0.15, 0.2) is 0 Å². The van der Waals surface area contributed by atoms with Crippen LogP contribution in [0.4, 0.5) is 4.79 Å². The number of hydrogen-bond acceptors (Lipinski definition) is 4. The zero-order valence-electron chi connectivity index (χ0n) is 10.5. The van der Waals surface area contributed by atoms with Crippen molar-refractivity contribution in [2.45, 2.75) is 32.9 Å². The van der Waals surface area contributed by atoms with Crippen LogP contribution in [-0.2, 0) is 14.3 Å². The molecule has 2 atom stereocenters. The van der Waals surface area contributed by atoms with E-state index in [4.69, 9.17) is 0 Å². The smallest absolute Gasteiger partial charge is 0.328 e. The van der Waals surface area contributed by atoms with Crippen LogP contribution >= 0.6 is 0 Å². The molecule has 3 N–H and O–H groups in total. The molecule has 0 bridgehead atoms. The van der Waals surface area contributed by atoms with Crippen LogP contribution in [0, 0.1) is 0 Å². The second-order valence-electron chi connectivity index (χ2n) is 3.48. The SMILES string of the molecule is CCNC(=O)N[C@@H](C)C(=O)N[C@@H](C)C(=O)OC. The predicted molar refractivity (Wildman–Crippen MR) is 61.3 cm³/mol. The van der Waals surface area contributed by atoms with E-state index in [9.17, 15) is 14.4 Å². The number of hydrogen-bond donors (Lipinski definition) is 3. The fourth-order valence-electron chi connectivity index (χ4n) is 1.05. The van der Waals surface area contributed by atoms with Crippen molar-refractivity contribution in [2.24, 2.45) is 0 Å². The minimum Gasteiger partial charge on any atom is -0.467 e. The van der Waals surface area contributed by atoms with Gasteiger partial charge in [0.25, 0.3) is 0 Å². The molecule has 0 aliphatic rings. The van der Waals surface area contributed by atoms with Gasteiger partial charge in [0, 0.05) is 6.54 Å². The highest BCUT2D eigenvalue weighted by molar-refractivity contribution is 5.89. The fourth-order valence-corrected chi connectivity index (χ4v) is 1.05. The maximum atomic E-state index is 11.6. The summed E-state index contributed by atoms with van der Waals surface area (Å²) in [5.41, 5.74) is 0. The number of methoxy groups -OCH3 is 1. The van der Waals surface area contributed by atoms with Crippen LogP contribution in [-0.4, -0.2) is 43.6 Å². The minimum absolute atomic E-state index is 0.430. The van der Waals surface area contributed by atoms with Gasteiger partial charge in [-0.25, -0.2) is 9.59 Å². The molecule has 17 heavy (non-hydrogen) atoms. The molecule has 98 valence electrons. The Bertz CT molecular complexity index is 293. The average Bonchev–Trinajstić information content (AvgIpc) is 2.27. The molecular weight excluding hydrogens is 226 g/mol. The summed E-state index contributed by atoms with van der Waals surface area (Å²) in [5.74, 6) is -0.988. The summed E-state index contributed by atoms with van der Waals surface area (Å²) >= 11 is 0. The second kappa shape index (κ2) is 7.48. The lowest BCUT2D eigenvalue weighted by Crippen LogP contribution is -2.51. The van der Waals surface area contributed by atoms with E-state index in [1.165, 1.54) is 21.0 Å². The van der Waals surface area contributed by atoms with Gasteiger partial charge >= 0.3 is 12.0 Å². The summed E-state index contributed by atoms with van der Waals surface area (Å²) in [6, 6.07) is -1.90. The molecule has 0 saturated heterocycles. The molecule has 0 radical (unpaired) electrons. The first kappa shape index (κ1) is 15.2. The highest BCUT2D eigenvalue weighted by atomic mass is 16.5. The zero-order valence-corrected chi connectivity index (χ0v) is 10.5. The van der Waals surface area contributed by atoms with Crippen LogP contribution < -0.4 is 16.0 Å². The molecule has 0 aliphatic heterocycles. The van der Waals surface area contributed by atoms with Gasteiger partial charge in [-0.05, 0) is 20.8 Å². The van der Waals surface area contributed by atoms with Crippen molar-refractivity contribution in [3.05, 3.63) is 0 Å². The third-order valence-corrected chi connectivity index (χ3v) is 1.99. The van der Waals surface area contributed by atoms with Crippen molar-refractivity contribution in [3.63, 3.8) is 0 Å². The van der Waals surface area contributed by atoms with Crippen molar-refractivity contribution in [2.75, 3.05) is 13.7 Å². The summed E-state index contributed by atoms with van der Waals surface area (Å²) < 4.78 is 4.46. The maximum Gasteiger partial charge on any atom is 0.328 e. The number of esters is 1. The predicted octanol–water partition coefficient (Wildman–Crippen LogP) is -0.628. The molecule has 0 aliphatic carbocycles. The van der Waals surface area contributed by atoms with Crippen LogP contribution in [0.2, 0.25) is 0 Å². The highest BCUT2D eigenvalue weighted by Crippen LogP contribution is 1.89. The Morgan fingerprint density at radius 1 is 1.12 bits per heavy atom. The number of ether oxygens (including phenoxy) is 1. The highest BCUT2D eigenvalue weighted by Gasteiger charge is 2.20. The molecule has 0 unspecified atom stereocenters. The van der Waals surface area contributed by atoms with E-state index in [2.05, 4.69) is 20.7 Å². The first-order valence-corrected chi connectivity index (χ1v) is 5.34. The van der Waals surface area contributed by atoms with E-state index in [-0.39, 0.29) is 0 Å². The normalized spacial score (nSPS) is 13.2. The largest absolute Gasteiger partial charge is 0.467 e. The van der Waals surface area contributed by atoms with Crippen molar-refractivity contribution in [3.8, 4) is 0 Å². The number of amides is 3. The zero-order chi connectivity index (χ0) is 13.4. The summed E-state index contributed by atoms with van der Waals surface area (Å²) in [5, 5.41) is 7.35. The summed E-state index contributed by atoms with van der Waals surface area (Å²) in [4.78, 5) is 33.8. The van der Waals surface area contributed by atoms with Gasteiger partial charge in [-0.1, -0.05) is 0 Å². The van der Waals surface area contributed by atoms with E-state index in [1.54, 1.807) is 6.92 Å². The topological polar surface area (TPSA) is 96.5 Å². The lowest BCUT2D eigenvalue weighted by atomic mass is 10.2. The summed E-state index contributed by atoms with van der Waals surface area (Å²) in [7, 11) is 1.24. The first-order valence-electron chi connectivity index (χ1n) is 5.34. The Kier molecular flexibility index (Phi) is 6.69. The quantitative estimate of drug-likeness (QED) is 0.562. The van der Waals surface area contributed by atoms with E-state index in [1.807, 2.05) is 0 Å². The molecular formula is C10H19N3O4. The standard InChI is InChI=1S/C10H19N3O4/c1-5-11-10(16)13-6(2)8(14)12-7(3)9(15)17-4/h6-7H,5H2,1-4H3,(H,12,14)(H2,11,13,16)/t6-,7-/m0/s1. The number of urea groups is 1. The molecule has 3 amide bonds. The van der Waals surface area contributed by atoms with Gasteiger partial charge in [-0.15, -0.1) is 0 Å². The van der Waals surface area contributed by atoms with Crippen LogP contribution in [0.3, 0.4) is 0 Å². The molecule has 0 rings (SSSR count). The molecule has 0 heterocycles. The minimum atomic E-state index is -0.744. The monoisotopic (exact) mass is 245 g/mol. The third-order valence-electron chi connectivity index (χ3n) is 1.99. The van der Waals surface area contributed by atoms with Gasteiger partial charge in [0.2, 0.25) is 5.91 Å². The lowest BCUT2D eigenvalue weighted by Gasteiger charge is -2.17. The Hall–Kier alpha value is -1.79. The van der Waals surface area contributed by atoms with Crippen LogP contribution in [0.25, 0.3) is 0 Å².